The van der Waals surface area contributed by atoms with Gasteiger partial charge in [-0.05, 0) is 32.3 Å². The lowest BCUT2D eigenvalue weighted by molar-refractivity contribution is 0.0720. The van der Waals surface area contributed by atoms with Crippen LogP contribution in [0.15, 0.2) is 28.6 Å². The van der Waals surface area contributed by atoms with Gasteiger partial charge in [-0.3, -0.25) is 4.99 Å². The molecular formula is C26H51NO. The standard InChI is InChI=1S/C18H27NO.C3H8.2C2H6.CH4/c1-5-8-9-10-11-14-18(4)15-19-16(12-6-2)17(20-18)13-7-3;1-3-2;2*1-2;/h2,12-13,15H,5,7-11,14H2,1,3-4H3;3H2,1-2H3;2*1-2H3;1H4/b16-12+,17-13+;;;;. The van der Waals surface area contributed by atoms with E-state index in [4.69, 9.17) is 11.2 Å². The second kappa shape index (κ2) is 25.5. The molecule has 0 amide bonds. The molecule has 0 aromatic rings. The Bertz CT molecular complexity index is 440. The topological polar surface area (TPSA) is 21.6 Å². The number of ether oxygens (including phenoxy) is 1. The highest BCUT2D eigenvalue weighted by molar-refractivity contribution is 5.72. The fourth-order valence-electron chi connectivity index (χ4n) is 2.31. The minimum Gasteiger partial charge on any atom is -0.480 e. The average Bonchev–Trinajstić information content (AvgIpc) is 2.68. The molecule has 0 saturated carbocycles. The van der Waals surface area contributed by atoms with Gasteiger partial charge in [0.1, 0.15) is 17.1 Å². The van der Waals surface area contributed by atoms with Gasteiger partial charge in [-0.2, -0.15) is 0 Å². The summed E-state index contributed by atoms with van der Waals surface area (Å²) in [5.41, 5.74) is 0.469. The smallest absolute Gasteiger partial charge is 0.142 e. The number of nitrogens with zero attached hydrogens (tertiary/aromatic N) is 1. The van der Waals surface area contributed by atoms with Gasteiger partial charge >= 0.3 is 0 Å². The van der Waals surface area contributed by atoms with E-state index in [1.807, 2.05) is 33.9 Å². The normalized spacial score (nSPS) is 19.4. The first-order valence-electron chi connectivity index (χ1n) is 11.2. The third kappa shape index (κ3) is 17.9. The number of hydrogen-bond donors (Lipinski definition) is 0. The van der Waals surface area contributed by atoms with E-state index in [1.165, 1.54) is 38.5 Å². The Balaban J connectivity index is -0.000000319. The second-order valence-corrected chi connectivity index (χ2v) is 6.22. The lowest BCUT2D eigenvalue weighted by atomic mass is 9.97. The maximum atomic E-state index is 6.13. The van der Waals surface area contributed by atoms with E-state index in [0.29, 0.717) is 0 Å². The van der Waals surface area contributed by atoms with Crippen molar-refractivity contribution in [2.45, 2.75) is 127 Å². The van der Waals surface area contributed by atoms with Crippen LogP contribution in [0.2, 0.25) is 0 Å². The van der Waals surface area contributed by atoms with Crippen LogP contribution < -0.4 is 0 Å². The zero-order chi connectivity index (χ0) is 21.6. The molecule has 0 bridgehead atoms. The number of unbranched alkanes of at least 4 members (excludes halogenated alkanes) is 4. The van der Waals surface area contributed by atoms with E-state index in [0.717, 1.165) is 24.3 Å². The molecule has 0 spiro atoms. The van der Waals surface area contributed by atoms with Crippen LogP contribution in [-0.4, -0.2) is 11.8 Å². The number of hydrogen-bond acceptors (Lipinski definition) is 2. The number of aliphatic imine (C=N–C) groups is 1. The monoisotopic (exact) mass is 393 g/mol. The Kier molecular flexibility index (Phi) is 31.0. The Morgan fingerprint density at radius 1 is 1.04 bits per heavy atom. The Hall–Kier alpha value is -1.49. The van der Waals surface area contributed by atoms with E-state index in [2.05, 4.69) is 51.6 Å². The molecule has 0 radical (unpaired) electrons. The molecule has 1 aliphatic rings. The Morgan fingerprint density at radius 2 is 1.57 bits per heavy atom. The maximum absolute atomic E-state index is 6.13. The van der Waals surface area contributed by atoms with Gasteiger partial charge in [-0.25, -0.2) is 0 Å². The summed E-state index contributed by atoms with van der Waals surface area (Å²) < 4.78 is 6.13. The van der Waals surface area contributed by atoms with E-state index < -0.39 is 0 Å². The van der Waals surface area contributed by atoms with E-state index in [9.17, 15) is 0 Å². The quantitative estimate of drug-likeness (QED) is 0.312. The van der Waals surface area contributed by atoms with Gasteiger partial charge in [0, 0.05) is 12.3 Å². The SMILES string of the molecule is C.C#C/C=C1/N=CC(C)(CCCCCCC)O/C1=C/CC.CC.CC.CCC. The van der Waals surface area contributed by atoms with Crippen LogP contribution in [-0.2, 0) is 4.74 Å². The number of allylic oxidation sites excluding steroid dienone is 2. The van der Waals surface area contributed by atoms with Crippen LogP contribution in [0, 0.1) is 12.3 Å². The molecule has 0 saturated heterocycles. The highest BCUT2D eigenvalue weighted by Gasteiger charge is 2.29. The summed E-state index contributed by atoms with van der Waals surface area (Å²) in [7, 11) is 0. The zero-order valence-corrected chi connectivity index (χ0v) is 19.8. The lowest BCUT2D eigenvalue weighted by Gasteiger charge is -2.32. The fourth-order valence-corrected chi connectivity index (χ4v) is 2.31. The molecule has 0 aromatic carbocycles. The summed E-state index contributed by atoms with van der Waals surface area (Å²) in [6, 6.07) is 0. The van der Waals surface area contributed by atoms with E-state index in [1.54, 1.807) is 6.08 Å². The first kappa shape index (κ1) is 34.0. The van der Waals surface area contributed by atoms with Crippen molar-refractivity contribution in [3.8, 4) is 12.3 Å². The fraction of sp³-hybridized carbons (Fsp3) is 0.731. The zero-order valence-electron chi connectivity index (χ0n) is 19.8. The predicted octanol–water partition coefficient (Wildman–Crippen LogP) is 9.12. The van der Waals surface area contributed by atoms with Crippen molar-refractivity contribution in [2.75, 3.05) is 0 Å². The summed E-state index contributed by atoms with van der Waals surface area (Å²) in [5.74, 6) is 3.35. The van der Waals surface area contributed by atoms with Gasteiger partial charge in [0.2, 0.25) is 0 Å². The largest absolute Gasteiger partial charge is 0.480 e. The van der Waals surface area contributed by atoms with Crippen molar-refractivity contribution < 1.29 is 4.74 Å². The molecule has 1 atom stereocenters. The first-order valence-corrected chi connectivity index (χ1v) is 11.2. The maximum Gasteiger partial charge on any atom is 0.142 e. The van der Waals surface area contributed by atoms with Gasteiger partial charge in [-0.15, -0.1) is 6.42 Å². The molecule has 2 heteroatoms. The van der Waals surface area contributed by atoms with Crippen LogP contribution in [0.4, 0.5) is 0 Å². The first-order chi connectivity index (χ1) is 13.1. The molecule has 2 nitrogen and oxygen atoms in total. The molecule has 1 heterocycles. The van der Waals surface area contributed by atoms with Gasteiger partial charge in [-0.1, -0.05) is 101 Å². The predicted molar refractivity (Wildman–Crippen MR) is 132 cm³/mol. The molecule has 28 heavy (non-hydrogen) atoms. The molecule has 1 aliphatic heterocycles. The molecule has 0 aliphatic carbocycles. The average molecular weight is 394 g/mol. The molecule has 166 valence electrons. The molecule has 0 fully saturated rings. The third-order valence-corrected chi connectivity index (χ3v) is 3.46. The van der Waals surface area contributed by atoms with Crippen molar-refractivity contribution in [3.63, 3.8) is 0 Å². The summed E-state index contributed by atoms with van der Waals surface area (Å²) in [6.07, 6.45) is 20.5. The third-order valence-electron chi connectivity index (χ3n) is 3.46. The van der Waals surface area contributed by atoms with Crippen molar-refractivity contribution in [1.29, 1.82) is 0 Å². The van der Waals surface area contributed by atoms with Crippen LogP contribution in [0.25, 0.3) is 0 Å². The number of terminal acetylenes is 1. The summed E-state index contributed by atoms with van der Waals surface area (Å²) in [6.45, 7) is 18.7. The van der Waals surface area contributed by atoms with Crippen molar-refractivity contribution in [1.82, 2.24) is 0 Å². The number of rotatable bonds is 7. The molecular weight excluding hydrogens is 342 g/mol. The Morgan fingerprint density at radius 3 is 2.04 bits per heavy atom. The summed E-state index contributed by atoms with van der Waals surface area (Å²) in [4.78, 5) is 4.49. The molecule has 0 aromatic heterocycles. The van der Waals surface area contributed by atoms with Crippen LogP contribution in [0.1, 0.15) is 121 Å². The molecule has 0 N–H and O–H groups in total. The van der Waals surface area contributed by atoms with Crippen LogP contribution in [0.5, 0.6) is 0 Å². The minimum atomic E-state index is -0.293. The highest BCUT2D eigenvalue weighted by Crippen LogP contribution is 2.30. The van der Waals surface area contributed by atoms with Gasteiger partial charge in [0.25, 0.3) is 0 Å². The van der Waals surface area contributed by atoms with Gasteiger partial charge in [0.05, 0.1) is 0 Å². The van der Waals surface area contributed by atoms with Gasteiger partial charge in [0.15, 0.2) is 0 Å². The minimum absolute atomic E-state index is 0. The van der Waals surface area contributed by atoms with Crippen LogP contribution in [0.3, 0.4) is 0 Å². The van der Waals surface area contributed by atoms with Crippen molar-refractivity contribution in [2.24, 2.45) is 4.99 Å². The van der Waals surface area contributed by atoms with Crippen molar-refractivity contribution in [3.05, 3.63) is 23.6 Å². The van der Waals surface area contributed by atoms with Crippen molar-refractivity contribution >= 4 is 6.21 Å². The Labute approximate surface area is 179 Å². The lowest BCUT2D eigenvalue weighted by Crippen LogP contribution is -2.33. The van der Waals surface area contributed by atoms with E-state index >= 15 is 0 Å². The summed E-state index contributed by atoms with van der Waals surface area (Å²) >= 11 is 0. The molecule has 1 rings (SSSR count). The summed E-state index contributed by atoms with van der Waals surface area (Å²) in [5, 5.41) is 0. The van der Waals surface area contributed by atoms with Crippen LogP contribution >= 0.6 is 0 Å². The van der Waals surface area contributed by atoms with E-state index in [-0.39, 0.29) is 13.0 Å². The van der Waals surface area contributed by atoms with Gasteiger partial charge < -0.3 is 4.74 Å². The second-order valence-electron chi connectivity index (χ2n) is 6.22. The highest BCUT2D eigenvalue weighted by atomic mass is 16.5. The molecule has 1 unspecified atom stereocenters.